The Morgan fingerprint density at radius 1 is 1.58 bits per heavy atom. The summed E-state index contributed by atoms with van der Waals surface area (Å²) in [5, 5.41) is 18.1. The van der Waals surface area contributed by atoms with Gasteiger partial charge < -0.3 is 5.32 Å². The van der Waals surface area contributed by atoms with Crippen molar-refractivity contribution in [1.29, 1.82) is 0 Å². The van der Waals surface area contributed by atoms with Crippen molar-refractivity contribution in [2.45, 2.75) is 39.0 Å². The van der Waals surface area contributed by atoms with Crippen molar-refractivity contribution in [2.24, 2.45) is 18.9 Å². The molecule has 1 heterocycles. The van der Waals surface area contributed by atoms with E-state index in [1.165, 1.54) is 36.6 Å². The second-order valence-corrected chi connectivity index (χ2v) is 5.65. The van der Waals surface area contributed by atoms with Crippen LogP contribution in [0.25, 0.3) is 0 Å². The monoisotopic (exact) mass is 266 g/mol. The van der Waals surface area contributed by atoms with Crippen LogP contribution in [0.15, 0.2) is 6.20 Å². The fraction of sp³-hybridized carbons (Fsp3) is 0.769. The first-order valence-electron chi connectivity index (χ1n) is 6.98. The molecule has 0 bridgehead atoms. The van der Waals surface area contributed by atoms with Crippen molar-refractivity contribution in [3.8, 4) is 0 Å². The Morgan fingerprint density at radius 2 is 2.37 bits per heavy atom. The molecule has 1 N–H and O–H groups in total. The van der Waals surface area contributed by atoms with E-state index in [9.17, 15) is 10.1 Å². The molecule has 0 aromatic carbocycles. The maximum Gasteiger partial charge on any atom is 0.330 e. The molecule has 2 rings (SSSR count). The first kappa shape index (κ1) is 13.8. The summed E-state index contributed by atoms with van der Waals surface area (Å²) in [7, 11) is 1.70. The standard InChI is InChI=1S/C13H22N4O2/c1-10-4-3-5-11(8-10)6-7-14-13-12(17(18)19)9-16(2)15-13/h9-11H,3-8H2,1-2H3,(H,14,15). The Morgan fingerprint density at radius 3 is 3.05 bits per heavy atom. The number of aromatic nitrogens is 2. The van der Waals surface area contributed by atoms with E-state index in [-0.39, 0.29) is 5.69 Å². The zero-order valence-corrected chi connectivity index (χ0v) is 11.6. The third kappa shape index (κ3) is 3.68. The summed E-state index contributed by atoms with van der Waals surface area (Å²) in [5.74, 6) is 1.96. The smallest absolute Gasteiger partial charge is 0.330 e. The van der Waals surface area contributed by atoms with Gasteiger partial charge in [-0.3, -0.25) is 14.8 Å². The highest BCUT2D eigenvalue weighted by atomic mass is 16.6. The summed E-state index contributed by atoms with van der Waals surface area (Å²) >= 11 is 0. The van der Waals surface area contributed by atoms with Gasteiger partial charge >= 0.3 is 5.69 Å². The quantitative estimate of drug-likeness (QED) is 0.657. The molecule has 0 spiro atoms. The molecule has 0 radical (unpaired) electrons. The highest BCUT2D eigenvalue weighted by Crippen LogP contribution is 2.31. The first-order chi connectivity index (χ1) is 9.06. The second-order valence-electron chi connectivity index (χ2n) is 5.65. The zero-order valence-electron chi connectivity index (χ0n) is 11.6. The molecule has 6 heteroatoms. The molecule has 19 heavy (non-hydrogen) atoms. The van der Waals surface area contributed by atoms with Crippen LogP contribution in [0.5, 0.6) is 0 Å². The summed E-state index contributed by atoms with van der Waals surface area (Å²) in [5.41, 5.74) is 0.0551. The maximum atomic E-state index is 10.9. The number of nitrogens with zero attached hydrogens (tertiary/aromatic N) is 3. The van der Waals surface area contributed by atoms with Crippen LogP contribution >= 0.6 is 0 Å². The van der Waals surface area contributed by atoms with E-state index in [1.54, 1.807) is 7.05 Å². The molecule has 1 saturated carbocycles. The predicted octanol–water partition coefficient (Wildman–Crippen LogP) is 2.96. The van der Waals surface area contributed by atoms with Crippen molar-refractivity contribution in [2.75, 3.05) is 11.9 Å². The Bertz CT molecular complexity index is 444. The maximum absolute atomic E-state index is 10.9. The van der Waals surface area contributed by atoms with Gasteiger partial charge in [-0.25, -0.2) is 0 Å². The summed E-state index contributed by atoms with van der Waals surface area (Å²) < 4.78 is 1.48. The Labute approximate surface area is 113 Å². The van der Waals surface area contributed by atoms with Gasteiger partial charge in [0.1, 0.15) is 6.20 Å². The minimum Gasteiger partial charge on any atom is -0.363 e. The molecule has 2 atom stereocenters. The molecule has 6 nitrogen and oxygen atoms in total. The lowest BCUT2D eigenvalue weighted by molar-refractivity contribution is -0.384. The number of nitro groups is 1. The highest BCUT2D eigenvalue weighted by Gasteiger charge is 2.20. The molecule has 0 amide bonds. The summed E-state index contributed by atoms with van der Waals surface area (Å²) in [4.78, 5) is 10.5. The van der Waals surface area contributed by atoms with Crippen LogP contribution in [0, 0.1) is 22.0 Å². The minimum absolute atomic E-state index is 0.0551. The molecule has 106 valence electrons. The minimum atomic E-state index is -0.391. The number of hydrogen-bond donors (Lipinski definition) is 1. The van der Waals surface area contributed by atoms with Crippen LogP contribution in [-0.2, 0) is 7.05 Å². The van der Waals surface area contributed by atoms with Gasteiger partial charge in [-0.1, -0.05) is 26.2 Å². The largest absolute Gasteiger partial charge is 0.363 e. The van der Waals surface area contributed by atoms with Gasteiger partial charge in [0.25, 0.3) is 0 Å². The summed E-state index contributed by atoms with van der Waals surface area (Å²) in [6.45, 7) is 3.07. The lowest BCUT2D eigenvalue weighted by Gasteiger charge is -2.26. The van der Waals surface area contributed by atoms with E-state index >= 15 is 0 Å². The van der Waals surface area contributed by atoms with Crippen LogP contribution in [0.2, 0.25) is 0 Å². The summed E-state index contributed by atoms with van der Waals surface area (Å²) in [6, 6.07) is 0. The van der Waals surface area contributed by atoms with Gasteiger partial charge in [-0.05, 0) is 24.7 Å². The zero-order chi connectivity index (χ0) is 13.8. The van der Waals surface area contributed by atoms with E-state index in [2.05, 4.69) is 17.3 Å². The first-order valence-corrected chi connectivity index (χ1v) is 6.98. The van der Waals surface area contributed by atoms with Gasteiger partial charge in [0.2, 0.25) is 5.82 Å². The Balaban J connectivity index is 1.83. The number of hydrogen-bond acceptors (Lipinski definition) is 4. The van der Waals surface area contributed by atoms with Gasteiger partial charge in [-0.2, -0.15) is 0 Å². The number of rotatable bonds is 5. The molecular formula is C13H22N4O2. The van der Waals surface area contributed by atoms with Gasteiger partial charge in [0, 0.05) is 13.6 Å². The highest BCUT2D eigenvalue weighted by molar-refractivity contribution is 5.54. The van der Waals surface area contributed by atoms with E-state index in [0.717, 1.165) is 24.8 Å². The summed E-state index contributed by atoms with van der Waals surface area (Å²) in [6.07, 6.45) is 7.73. The van der Waals surface area contributed by atoms with E-state index < -0.39 is 4.92 Å². The molecule has 1 aromatic heterocycles. The molecule has 0 aliphatic heterocycles. The van der Waals surface area contributed by atoms with Crippen molar-refractivity contribution in [1.82, 2.24) is 9.78 Å². The third-order valence-electron chi connectivity index (χ3n) is 3.90. The molecule has 1 fully saturated rings. The van der Waals surface area contributed by atoms with Crippen LogP contribution in [-0.4, -0.2) is 21.2 Å². The average Bonchev–Trinajstić information content (AvgIpc) is 2.71. The SMILES string of the molecule is CC1CCCC(CCNc2nn(C)cc2[N+](=O)[O-])C1. The molecule has 1 aliphatic rings. The van der Waals surface area contributed by atoms with Gasteiger partial charge in [0.05, 0.1) is 4.92 Å². The number of nitrogens with one attached hydrogen (secondary N) is 1. The lowest BCUT2D eigenvalue weighted by atomic mass is 9.81. The van der Waals surface area contributed by atoms with Crippen molar-refractivity contribution < 1.29 is 4.92 Å². The van der Waals surface area contributed by atoms with Crippen molar-refractivity contribution in [3.63, 3.8) is 0 Å². The number of anilines is 1. The Hall–Kier alpha value is -1.59. The average molecular weight is 266 g/mol. The Kier molecular flexibility index (Phi) is 4.39. The molecular weight excluding hydrogens is 244 g/mol. The van der Waals surface area contributed by atoms with Gasteiger partial charge in [0.15, 0.2) is 0 Å². The molecule has 0 saturated heterocycles. The van der Waals surface area contributed by atoms with Crippen LogP contribution < -0.4 is 5.32 Å². The number of aryl methyl sites for hydroxylation is 1. The van der Waals surface area contributed by atoms with Crippen LogP contribution in [0.4, 0.5) is 11.5 Å². The molecule has 2 unspecified atom stereocenters. The predicted molar refractivity (Wildman–Crippen MR) is 74.1 cm³/mol. The van der Waals surface area contributed by atoms with Crippen LogP contribution in [0.3, 0.4) is 0 Å². The van der Waals surface area contributed by atoms with Crippen LogP contribution in [0.1, 0.15) is 39.0 Å². The topological polar surface area (TPSA) is 73.0 Å². The molecule has 1 aromatic rings. The normalized spacial score (nSPS) is 23.3. The second kappa shape index (κ2) is 6.04. The van der Waals surface area contributed by atoms with Crippen molar-refractivity contribution >= 4 is 11.5 Å². The van der Waals surface area contributed by atoms with E-state index in [0.29, 0.717) is 5.82 Å². The van der Waals surface area contributed by atoms with Gasteiger partial charge in [-0.15, -0.1) is 5.10 Å². The molecule has 1 aliphatic carbocycles. The van der Waals surface area contributed by atoms with Crippen molar-refractivity contribution in [3.05, 3.63) is 16.3 Å². The fourth-order valence-corrected chi connectivity index (χ4v) is 2.95. The lowest BCUT2D eigenvalue weighted by Crippen LogP contribution is -2.17. The van der Waals surface area contributed by atoms with E-state index in [4.69, 9.17) is 0 Å². The third-order valence-corrected chi connectivity index (χ3v) is 3.90. The van der Waals surface area contributed by atoms with E-state index in [1.807, 2.05) is 0 Å². The fourth-order valence-electron chi connectivity index (χ4n) is 2.95.